The van der Waals surface area contributed by atoms with Crippen LogP contribution in [0.25, 0.3) is 0 Å². The van der Waals surface area contributed by atoms with Crippen molar-refractivity contribution in [2.75, 3.05) is 13.6 Å². The lowest BCUT2D eigenvalue weighted by molar-refractivity contribution is -0.150. The van der Waals surface area contributed by atoms with Gasteiger partial charge in [-0.25, -0.2) is 0 Å². The third-order valence-corrected chi connectivity index (χ3v) is 5.39. The average molecular weight is 384 g/mol. The summed E-state index contributed by atoms with van der Waals surface area (Å²) >= 11 is 0. The molecule has 0 N–H and O–H groups in total. The zero-order valence-corrected chi connectivity index (χ0v) is 16.3. The predicted octanol–water partition coefficient (Wildman–Crippen LogP) is 4.26. The van der Waals surface area contributed by atoms with E-state index in [1.807, 2.05) is 30.3 Å². The number of rotatable bonds is 6. The van der Waals surface area contributed by atoms with Crippen molar-refractivity contribution >= 4 is 5.97 Å². The van der Waals surface area contributed by atoms with E-state index in [9.17, 15) is 4.79 Å². The third-order valence-electron chi connectivity index (χ3n) is 5.39. The van der Waals surface area contributed by atoms with E-state index in [0.717, 1.165) is 29.0 Å². The Kier molecular flexibility index (Phi) is 5.03. The number of benzene rings is 2. The molecule has 0 aromatic heterocycles. The van der Waals surface area contributed by atoms with Crippen LogP contribution in [-0.4, -0.2) is 19.6 Å². The Morgan fingerprint density at radius 3 is 2.21 bits per heavy atom. The van der Waals surface area contributed by atoms with Crippen molar-refractivity contribution in [2.24, 2.45) is 11.8 Å². The molecule has 0 saturated heterocycles. The highest BCUT2D eigenvalue weighted by molar-refractivity contribution is 5.66. The minimum atomic E-state index is -0.365. The first-order valence-electron chi connectivity index (χ1n) is 9.46. The fourth-order valence-corrected chi connectivity index (χ4v) is 3.67. The molecule has 2 aromatic rings. The molecule has 0 saturated carbocycles. The molecule has 28 heavy (non-hydrogen) atoms. The second-order valence-corrected chi connectivity index (χ2v) is 7.37. The van der Waals surface area contributed by atoms with Gasteiger partial charge in [-0.3, -0.25) is 4.79 Å². The van der Waals surface area contributed by atoms with Crippen molar-refractivity contribution in [3.05, 3.63) is 47.5 Å². The number of hydrogen-bond donors (Lipinski definition) is 0. The standard InChI is InChI=1S/C22H24O6/c1-13(8-16-4-6-18-20(9-16)26-11-24-18)14(2)22(28-15(3)23)17-5-7-19-21(10-17)27-12-25-19/h4-7,9-10,13-14,22H,8,11-12H2,1-3H3/t13-,14+,22-/m1/s1. The van der Waals surface area contributed by atoms with Crippen LogP contribution in [0.2, 0.25) is 0 Å². The molecule has 148 valence electrons. The Morgan fingerprint density at radius 1 is 0.929 bits per heavy atom. The van der Waals surface area contributed by atoms with Crippen molar-refractivity contribution in [1.29, 1.82) is 0 Å². The molecule has 6 nitrogen and oxygen atoms in total. The van der Waals surface area contributed by atoms with E-state index in [-0.39, 0.29) is 37.5 Å². The molecule has 0 amide bonds. The maximum Gasteiger partial charge on any atom is 0.303 e. The highest BCUT2D eigenvalue weighted by atomic mass is 16.7. The highest BCUT2D eigenvalue weighted by Crippen LogP contribution is 2.40. The van der Waals surface area contributed by atoms with Gasteiger partial charge in [0, 0.05) is 12.8 Å². The van der Waals surface area contributed by atoms with Crippen LogP contribution in [0.1, 0.15) is 38.0 Å². The Bertz CT molecular complexity index is 877. The maximum atomic E-state index is 11.8. The summed E-state index contributed by atoms with van der Waals surface area (Å²) in [5.41, 5.74) is 2.07. The minimum absolute atomic E-state index is 0.0923. The topological polar surface area (TPSA) is 63.2 Å². The smallest absolute Gasteiger partial charge is 0.303 e. The lowest BCUT2D eigenvalue weighted by Crippen LogP contribution is -2.23. The third kappa shape index (κ3) is 3.72. The van der Waals surface area contributed by atoms with Crippen LogP contribution >= 0.6 is 0 Å². The van der Waals surface area contributed by atoms with Crippen LogP contribution in [0.3, 0.4) is 0 Å². The van der Waals surface area contributed by atoms with Gasteiger partial charge in [-0.2, -0.15) is 0 Å². The molecule has 0 radical (unpaired) electrons. The quantitative estimate of drug-likeness (QED) is 0.694. The average Bonchev–Trinajstić information content (AvgIpc) is 3.33. The van der Waals surface area contributed by atoms with Crippen molar-refractivity contribution in [2.45, 2.75) is 33.3 Å². The van der Waals surface area contributed by atoms with Gasteiger partial charge in [0.2, 0.25) is 13.6 Å². The molecule has 0 aliphatic carbocycles. The molecule has 0 bridgehead atoms. The van der Waals surface area contributed by atoms with Crippen molar-refractivity contribution in [1.82, 2.24) is 0 Å². The largest absolute Gasteiger partial charge is 0.457 e. The van der Waals surface area contributed by atoms with E-state index >= 15 is 0 Å². The summed E-state index contributed by atoms with van der Waals surface area (Å²) in [6.45, 7) is 6.19. The zero-order chi connectivity index (χ0) is 19.7. The van der Waals surface area contributed by atoms with Crippen molar-refractivity contribution in [3.8, 4) is 23.0 Å². The fraction of sp³-hybridized carbons (Fsp3) is 0.409. The van der Waals surface area contributed by atoms with E-state index in [4.69, 9.17) is 23.7 Å². The van der Waals surface area contributed by atoms with Gasteiger partial charge in [-0.1, -0.05) is 26.0 Å². The SMILES string of the molecule is CC(=O)O[C@@H](c1ccc2c(c1)OCO2)[C@@H](C)[C@H](C)Cc1ccc2c(c1)OCO2. The number of carbonyl (C=O) groups excluding carboxylic acids is 1. The number of esters is 1. The van der Waals surface area contributed by atoms with Crippen LogP contribution in [0.4, 0.5) is 0 Å². The first kappa shape index (κ1) is 18.5. The number of ether oxygens (including phenoxy) is 5. The van der Waals surface area contributed by atoms with E-state index < -0.39 is 0 Å². The van der Waals surface area contributed by atoms with Gasteiger partial charge in [-0.15, -0.1) is 0 Å². The van der Waals surface area contributed by atoms with Gasteiger partial charge < -0.3 is 23.7 Å². The van der Waals surface area contributed by atoms with Crippen LogP contribution in [0.5, 0.6) is 23.0 Å². The molecule has 2 heterocycles. The lowest BCUT2D eigenvalue weighted by Gasteiger charge is -2.29. The molecule has 6 heteroatoms. The Balaban J connectivity index is 1.53. The first-order valence-corrected chi connectivity index (χ1v) is 9.46. The summed E-state index contributed by atoms with van der Waals surface area (Å²) < 4.78 is 27.4. The summed E-state index contributed by atoms with van der Waals surface area (Å²) in [6, 6.07) is 11.7. The molecule has 2 aromatic carbocycles. The molecule has 3 atom stereocenters. The Hall–Kier alpha value is -2.89. The summed E-state index contributed by atoms with van der Waals surface area (Å²) in [6.07, 6.45) is 0.469. The van der Waals surface area contributed by atoms with E-state index in [0.29, 0.717) is 11.5 Å². The number of fused-ring (bicyclic) bond motifs is 2. The normalized spacial score (nSPS) is 17.1. The molecule has 0 spiro atoms. The summed E-state index contributed by atoms with van der Waals surface area (Å²) in [7, 11) is 0. The first-order chi connectivity index (χ1) is 13.5. The zero-order valence-electron chi connectivity index (χ0n) is 16.3. The van der Waals surface area contributed by atoms with Gasteiger partial charge in [0.25, 0.3) is 0 Å². The summed E-state index contributed by atoms with van der Waals surface area (Å²) in [5.74, 6) is 3.01. The van der Waals surface area contributed by atoms with Crippen molar-refractivity contribution in [3.63, 3.8) is 0 Å². The molecule has 2 aliphatic rings. The van der Waals surface area contributed by atoms with Crippen LogP contribution in [0, 0.1) is 11.8 Å². The fourth-order valence-electron chi connectivity index (χ4n) is 3.67. The van der Waals surface area contributed by atoms with Gasteiger partial charge in [0.1, 0.15) is 6.10 Å². The maximum absolute atomic E-state index is 11.8. The van der Waals surface area contributed by atoms with E-state index in [2.05, 4.69) is 19.9 Å². The molecular weight excluding hydrogens is 360 g/mol. The summed E-state index contributed by atoms with van der Waals surface area (Å²) in [5, 5.41) is 0. The Labute approximate surface area is 164 Å². The van der Waals surface area contributed by atoms with Crippen LogP contribution < -0.4 is 18.9 Å². The van der Waals surface area contributed by atoms with Gasteiger partial charge >= 0.3 is 5.97 Å². The second kappa shape index (κ2) is 7.62. The van der Waals surface area contributed by atoms with Crippen LogP contribution in [0.15, 0.2) is 36.4 Å². The summed E-state index contributed by atoms with van der Waals surface area (Å²) in [4.78, 5) is 11.8. The monoisotopic (exact) mass is 384 g/mol. The molecule has 2 aliphatic heterocycles. The Morgan fingerprint density at radius 2 is 1.54 bits per heavy atom. The molecule has 0 fully saturated rings. The lowest BCUT2D eigenvalue weighted by atomic mass is 9.83. The second-order valence-electron chi connectivity index (χ2n) is 7.37. The predicted molar refractivity (Wildman–Crippen MR) is 102 cm³/mol. The van der Waals surface area contributed by atoms with Crippen LogP contribution in [-0.2, 0) is 16.0 Å². The highest BCUT2D eigenvalue weighted by Gasteiger charge is 2.29. The van der Waals surface area contributed by atoms with Gasteiger partial charge in [0.15, 0.2) is 23.0 Å². The van der Waals surface area contributed by atoms with Gasteiger partial charge in [-0.05, 0) is 47.7 Å². The van der Waals surface area contributed by atoms with E-state index in [1.165, 1.54) is 6.92 Å². The minimum Gasteiger partial charge on any atom is -0.457 e. The van der Waals surface area contributed by atoms with E-state index in [1.54, 1.807) is 0 Å². The van der Waals surface area contributed by atoms with Crippen molar-refractivity contribution < 1.29 is 28.5 Å². The van der Waals surface area contributed by atoms with Gasteiger partial charge in [0.05, 0.1) is 0 Å². The number of carbonyl (C=O) groups is 1. The number of hydrogen-bond acceptors (Lipinski definition) is 6. The molecule has 0 unspecified atom stereocenters. The molecular formula is C22H24O6. The molecule has 4 rings (SSSR count).